The third kappa shape index (κ3) is 4.32. The molecule has 0 radical (unpaired) electrons. The summed E-state index contributed by atoms with van der Waals surface area (Å²) in [6.45, 7) is 4.05. The van der Waals surface area contributed by atoms with E-state index >= 15 is 0 Å². The first kappa shape index (κ1) is 16.0. The number of carbonyl (C=O) groups excluding carboxylic acids is 1. The average Bonchev–Trinajstić information content (AvgIpc) is 2.45. The molecule has 1 saturated carbocycles. The second-order valence-electron chi connectivity index (χ2n) is 5.69. The minimum Gasteiger partial charge on any atom is -0.368 e. The number of nitrogens with zero attached hydrogens (tertiary/aromatic N) is 2. The molecule has 1 aromatic heterocycles. The van der Waals surface area contributed by atoms with Gasteiger partial charge in [-0.3, -0.25) is 4.79 Å². The van der Waals surface area contributed by atoms with E-state index in [9.17, 15) is 4.79 Å². The molecule has 116 valence electrons. The fraction of sp³-hybridized carbons (Fsp3) is 0.600. The second-order valence-corrected chi connectivity index (χ2v) is 5.69. The normalized spacial score (nSPS) is 18.6. The van der Waals surface area contributed by atoms with E-state index in [4.69, 9.17) is 0 Å². The van der Waals surface area contributed by atoms with Crippen molar-refractivity contribution in [1.29, 1.82) is 0 Å². The Morgan fingerprint density at radius 3 is 2.67 bits per heavy atom. The molecule has 6 heteroatoms. The smallest absolute Gasteiger partial charge is 0.225 e. The van der Waals surface area contributed by atoms with Gasteiger partial charge in [0, 0.05) is 32.6 Å². The zero-order valence-corrected chi connectivity index (χ0v) is 13.0. The first-order valence-electron chi connectivity index (χ1n) is 7.53. The Morgan fingerprint density at radius 2 is 2.10 bits per heavy atom. The van der Waals surface area contributed by atoms with Gasteiger partial charge in [-0.1, -0.05) is 6.42 Å². The van der Waals surface area contributed by atoms with Gasteiger partial charge in [-0.15, -0.1) is 12.4 Å². The number of hydrogen-bond acceptors (Lipinski definition) is 4. The third-order valence-electron chi connectivity index (χ3n) is 4.20. The van der Waals surface area contributed by atoms with E-state index < -0.39 is 0 Å². The summed E-state index contributed by atoms with van der Waals surface area (Å²) >= 11 is 0. The number of carbonyl (C=O) groups is 1. The van der Waals surface area contributed by atoms with Crippen LogP contribution in [0.5, 0.6) is 0 Å². The Morgan fingerprint density at radius 1 is 1.33 bits per heavy atom. The van der Waals surface area contributed by atoms with Crippen molar-refractivity contribution in [3.63, 3.8) is 0 Å². The maximum absolute atomic E-state index is 11.8. The standard InChI is InChI=1S/C15H22N4O.ClH/c20-15(10-12-2-1-3-12)18-14-5-4-13(11-17-14)19-8-6-16-7-9-19;/h4-5,11-12,16H,1-3,6-10H2,(H,17,18,20);1H. The molecule has 0 spiro atoms. The van der Waals surface area contributed by atoms with Crippen LogP contribution in [0.4, 0.5) is 11.5 Å². The molecule has 21 heavy (non-hydrogen) atoms. The molecule has 5 nitrogen and oxygen atoms in total. The van der Waals surface area contributed by atoms with Gasteiger partial charge in [0.2, 0.25) is 5.91 Å². The summed E-state index contributed by atoms with van der Waals surface area (Å²) in [4.78, 5) is 18.5. The van der Waals surface area contributed by atoms with Crippen molar-refractivity contribution in [1.82, 2.24) is 10.3 Å². The highest BCUT2D eigenvalue weighted by Gasteiger charge is 2.20. The quantitative estimate of drug-likeness (QED) is 0.893. The molecular weight excluding hydrogens is 288 g/mol. The van der Waals surface area contributed by atoms with Crippen molar-refractivity contribution in [3.05, 3.63) is 18.3 Å². The highest BCUT2D eigenvalue weighted by molar-refractivity contribution is 5.90. The van der Waals surface area contributed by atoms with Crippen LogP contribution in [0.1, 0.15) is 25.7 Å². The van der Waals surface area contributed by atoms with Gasteiger partial charge in [0.15, 0.2) is 0 Å². The maximum atomic E-state index is 11.8. The molecule has 2 N–H and O–H groups in total. The molecule has 1 aromatic rings. The van der Waals surface area contributed by atoms with Crippen LogP contribution in [0.25, 0.3) is 0 Å². The van der Waals surface area contributed by atoms with E-state index in [0.29, 0.717) is 18.2 Å². The van der Waals surface area contributed by atoms with Crippen molar-refractivity contribution in [2.45, 2.75) is 25.7 Å². The molecule has 2 fully saturated rings. The first-order valence-corrected chi connectivity index (χ1v) is 7.53. The molecule has 1 saturated heterocycles. The minimum atomic E-state index is 0. The van der Waals surface area contributed by atoms with Gasteiger partial charge < -0.3 is 15.5 Å². The topological polar surface area (TPSA) is 57.3 Å². The van der Waals surface area contributed by atoms with Crippen molar-refractivity contribution < 1.29 is 4.79 Å². The summed E-state index contributed by atoms with van der Waals surface area (Å²) in [5, 5.41) is 6.22. The van der Waals surface area contributed by atoms with E-state index in [2.05, 4.69) is 20.5 Å². The number of anilines is 2. The van der Waals surface area contributed by atoms with Crippen LogP contribution >= 0.6 is 12.4 Å². The number of rotatable bonds is 4. The maximum Gasteiger partial charge on any atom is 0.225 e. The molecule has 1 amide bonds. The Hall–Kier alpha value is -1.33. The van der Waals surface area contributed by atoms with Crippen LogP contribution in [0.3, 0.4) is 0 Å². The first-order chi connectivity index (χ1) is 9.81. The Kier molecular flexibility index (Phi) is 5.82. The summed E-state index contributed by atoms with van der Waals surface area (Å²) in [6, 6.07) is 3.94. The number of nitrogens with one attached hydrogen (secondary N) is 2. The third-order valence-corrected chi connectivity index (χ3v) is 4.20. The lowest BCUT2D eigenvalue weighted by molar-refractivity contribution is -0.117. The fourth-order valence-electron chi connectivity index (χ4n) is 2.72. The highest BCUT2D eigenvalue weighted by atomic mass is 35.5. The van der Waals surface area contributed by atoms with Crippen LogP contribution < -0.4 is 15.5 Å². The summed E-state index contributed by atoms with van der Waals surface area (Å²) in [6.07, 6.45) is 6.16. The molecule has 0 atom stereocenters. The van der Waals surface area contributed by atoms with E-state index in [-0.39, 0.29) is 18.3 Å². The van der Waals surface area contributed by atoms with Gasteiger partial charge in [0.1, 0.15) is 5.82 Å². The lowest BCUT2D eigenvalue weighted by atomic mass is 9.83. The number of halogens is 1. The van der Waals surface area contributed by atoms with Gasteiger partial charge in [0.25, 0.3) is 0 Å². The lowest BCUT2D eigenvalue weighted by Crippen LogP contribution is -2.43. The molecule has 0 unspecified atom stereocenters. The average molecular weight is 311 g/mol. The molecular formula is C15H23ClN4O. The van der Waals surface area contributed by atoms with Crippen molar-refractivity contribution in [2.75, 3.05) is 36.4 Å². The largest absolute Gasteiger partial charge is 0.368 e. The number of piperazine rings is 1. The molecule has 1 aliphatic heterocycles. The molecule has 3 rings (SSSR count). The van der Waals surface area contributed by atoms with E-state index in [0.717, 1.165) is 31.9 Å². The van der Waals surface area contributed by atoms with Crippen LogP contribution in [0.15, 0.2) is 18.3 Å². The predicted octanol–water partition coefficient (Wildman–Crippen LogP) is 2.04. The van der Waals surface area contributed by atoms with E-state index in [1.54, 1.807) is 0 Å². The molecule has 1 aliphatic carbocycles. The Bertz CT molecular complexity index is 455. The Labute approximate surface area is 131 Å². The highest BCUT2D eigenvalue weighted by Crippen LogP contribution is 2.29. The van der Waals surface area contributed by atoms with E-state index in [1.807, 2.05) is 18.3 Å². The predicted molar refractivity (Wildman–Crippen MR) is 87.2 cm³/mol. The van der Waals surface area contributed by atoms with E-state index in [1.165, 1.54) is 19.3 Å². The zero-order valence-electron chi connectivity index (χ0n) is 12.2. The Balaban J connectivity index is 0.00000161. The van der Waals surface area contributed by atoms with Crippen molar-refractivity contribution in [2.24, 2.45) is 5.92 Å². The van der Waals surface area contributed by atoms with Gasteiger partial charge in [-0.2, -0.15) is 0 Å². The van der Waals surface area contributed by atoms with Crippen LogP contribution in [0.2, 0.25) is 0 Å². The monoisotopic (exact) mass is 310 g/mol. The van der Waals surface area contributed by atoms with Crippen molar-refractivity contribution >= 4 is 29.8 Å². The summed E-state index contributed by atoms with van der Waals surface area (Å²) in [5.74, 6) is 1.35. The molecule has 2 aliphatic rings. The molecule has 2 heterocycles. The van der Waals surface area contributed by atoms with Crippen LogP contribution in [-0.2, 0) is 4.79 Å². The van der Waals surface area contributed by atoms with Gasteiger partial charge in [-0.05, 0) is 30.9 Å². The summed E-state index contributed by atoms with van der Waals surface area (Å²) in [5.41, 5.74) is 1.13. The summed E-state index contributed by atoms with van der Waals surface area (Å²) < 4.78 is 0. The lowest BCUT2D eigenvalue weighted by Gasteiger charge is -2.29. The van der Waals surface area contributed by atoms with Gasteiger partial charge in [0.05, 0.1) is 11.9 Å². The number of pyridine rings is 1. The second kappa shape index (κ2) is 7.61. The SMILES string of the molecule is Cl.O=C(CC1CCC1)Nc1ccc(N2CCNCC2)cn1. The number of amides is 1. The molecule has 0 bridgehead atoms. The number of aromatic nitrogens is 1. The van der Waals surface area contributed by atoms with Gasteiger partial charge >= 0.3 is 0 Å². The number of hydrogen-bond donors (Lipinski definition) is 2. The van der Waals surface area contributed by atoms with Gasteiger partial charge in [-0.25, -0.2) is 4.98 Å². The minimum absolute atomic E-state index is 0. The van der Waals surface area contributed by atoms with Crippen LogP contribution in [-0.4, -0.2) is 37.1 Å². The fourth-order valence-corrected chi connectivity index (χ4v) is 2.72. The summed E-state index contributed by atoms with van der Waals surface area (Å²) in [7, 11) is 0. The molecule has 0 aromatic carbocycles. The van der Waals surface area contributed by atoms with Crippen LogP contribution in [0, 0.1) is 5.92 Å². The van der Waals surface area contributed by atoms with Crippen molar-refractivity contribution in [3.8, 4) is 0 Å². The zero-order chi connectivity index (χ0) is 13.8.